The van der Waals surface area contributed by atoms with Crippen molar-refractivity contribution in [3.63, 3.8) is 0 Å². The summed E-state index contributed by atoms with van der Waals surface area (Å²) in [6.45, 7) is 34.8. The van der Waals surface area contributed by atoms with Gasteiger partial charge in [0.1, 0.15) is 27.5 Å². The molecule has 3 aliphatic heterocycles. The van der Waals surface area contributed by atoms with E-state index in [4.69, 9.17) is 39.5 Å². The number of halogens is 2. The maximum Gasteiger partial charge on any atom is 0.330 e. The van der Waals surface area contributed by atoms with Gasteiger partial charge < -0.3 is 54.2 Å². The third kappa shape index (κ3) is 42.0. The van der Waals surface area contributed by atoms with E-state index in [1.165, 1.54) is 77.5 Å². The quantitative estimate of drug-likeness (QED) is 0.0120. The molecule has 1 aromatic carbocycles. The Hall–Kier alpha value is -5.03. The van der Waals surface area contributed by atoms with E-state index in [0.29, 0.717) is 66.6 Å². The zero-order valence-corrected chi connectivity index (χ0v) is 71.8. The van der Waals surface area contributed by atoms with E-state index < -0.39 is 73.3 Å². The first-order valence-corrected chi connectivity index (χ1v) is 39.7. The first-order chi connectivity index (χ1) is 48.7. The number of nitro groups is 4. The minimum atomic E-state index is -3.45. The van der Waals surface area contributed by atoms with Gasteiger partial charge in [-0.25, -0.2) is 4.79 Å². The minimum Gasteiger partial charge on any atom is -0.554 e. The lowest BCUT2D eigenvalue weighted by Gasteiger charge is -2.20. The number of likely N-dealkylation sites (tertiary alicyclic amines) is 3. The van der Waals surface area contributed by atoms with Gasteiger partial charge in [0, 0.05) is 144 Å². The van der Waals surface area contributed by atoms with Crippen molar-refractivity contribution in [2.45, 2.75) is 243 Å². The molecule has 108 heavy (non-hydrogen) atoms. The van der Waals surface area contributed by atoms with Gasteiger partial charge in [-0.3, -0.25) is 59.0 Å². The summed E-state index contributed by atoms with van der Waals surface area (Å²) in [4.78, 5) is 104. The molecular weight excluding hydrogens is 1620 g/mol. The predicted octanol–water partition coefficient (Wildman–Crippen LogP) is 7.25. The number of hydrogen-bond donors (Lipinski definition) is 3. The molecule has 4 N–H and O–H groups in total. The van der Waals surface area contributed by atoms with Crippen LogP contribution in [0.3, 0.4) is 0 Å². The lowest BCUT2D eigenvalue weighted by atomic mass is 10.0. The highest BCUT2D eigenvalue weighted by atomic mass is 79.9. The number of aromatic nitrogens is 2. The molecule has 6 aliphatic carbocycles. The number of carbonyl (C=O) groups excluding carboxylic acids is 5. The summed E-state index contributed by atoms with van der Waals surface area (Å²) in [5.41, 5.74) is 6.08. The molecule has 0 radical (unpaired) electrons. The number of benzene rings is 1. The monoisotopic (exact) mass is 1740 g/mol. The van der Waals surface area contributed by atoms with Crippen molar-refractivity contribution in [3.05, 3.63) is 88.8 Å². The van der Waals surface area contributed by atoms with E-state index >= 15 is 0 Å². The van der Waals surface area contributed by atoms with Crippen molar-refractivity contribution >= 4 is 113 Å². The normalized spacial score (nSPS) is 27.2. The maximum atomic E-state index is 12.5. The van der Waals surface area contributed by atoms with Crippen LogP contribution in [-0.2, 0) is 47.7 Å². The molecule has 9 aliphatic rings. The van der Waals surface area contributed by atoms with Gasteiger partial charge in [-0.05, 0) is 147 Å². The Morgan fingerprint density at radius 1 is 0.722 bits per heavy atom. The number of Topliss-reactive ketones (excluding diaryl/α,β-unsaturated/α-hetero) is 1. The highest BCUT2D eigenvalue weighted by molar-refractivity contribution is 9.12. The highest BCUT2D eigenvalue weighted by Crippen LogP contribution is 2.42. The number of esters is 3. The first kappa shape index (κ1) is 103. The van der Waals surface area contributed by atoms with Crippen LogP contribution in [0.4, 0.5) is 0 Å². The Labute approximate surface area is 673 Å². The number of quaternary nitrogens is 1. The average Bonchev–Trinajstić information content (AvgIpc) is 1.67. The molecule has 0 bridgehead atoms. The second-order valence-corrected chi connectivity index (χ2v) is 34.7. The smallest absolute Gasteiger partial charge is 0.330 e. The van der Waals surface area contributed by atoms with E-state index in [0.717, 1.165) is 66.9 Å². The molecule has 38 heteroatoms. The van der Waals surface area contributed by atoms with Gasteiger partial charge in [-0.1, -0.05) is 67.9 Å². The van der Waals surface area contributed by atoms with Crippen molar-refractivity contribution in [1.29, 1.82) is 0 Å². The Bertz CT molecular complexity index is 3280. The number of ketones is 1. The second kappa shape index (κ2) is 48.1. The highest BCUT2D eigenvalue weighted by Gasteiger charge is 2.55. The van der Waals surface area contributed by atoms with Crippen LogP contribution < -0.4 is 15.7 Å². The second-order valence-electron chi connectivity index (χ2n) is 31.3. The standard InChI is InChI=1S/C20H25N3O2.C9H16N2O2.C9H18N2.C8H13NO4.C7H12Br2O2.C7H12O2.C5H9NO5S.C4H7NO3.CH2O2.3H2S/c1-13-4-3-9-23(13)12-18-10-17(18)11-19(24)15-5-7-16(8-6-15)20-21-14(2)25-22-20;1-7-3-2-4-10(7)6-8-5-9(8)11(12)13;1-7-3-2-4-11(7)6-8-5-9(8)10;1-8(2,3)13-7(10)5-4-6(5)9(11)12;1-7(2,3)11-6(10)5(9)4-8;1-5-6(8)9-7(2,3)4;1-12(9,10)11-3-4-2-5(4)6(7)8;6-2-3-1-4(3)5(7)8;2-1-3;;;/h5-8,13,17-18H,3-4,9-12H2,1-2H3;7-9H,2-6H2,1H3;7-9H,2-6,10H2,1H3;5-6H,4H2,1-3H3;5H,4H2,1-3H3;5H,1H2,2-4H3;4-5H,2-3H2,1H3;3-4,6H,1-2H2;1H,(H,2,3);3*1H2/t13-,17?,18?;2*7-,8-,9+;5-,6-;;;4-,5+;3-,4+;;;;/m0001..00..../s1. The largest absolute Gasteiger partial charge is 0.554 e. The molecule has 32 nitrogen and oxygen atoms in total. The predicted molar refractivity (Wildman–Crippen MR) is 426 cm³/mol. The minimum absolute atomic E-state index is 0. The fourth-order valence-corrected chi connectivity index (χ4v) is 12.6. The lowest BCUT2D eigenvalue weighted by molar-refractivity contribution is -0.912. The van der Waals surface area contributed by atoms with Crippen LogP contribution in [0.2, 0.25) is 0 Å². The number of aliphatic hydroxyl groups is 1. The molecule has 6 saturated carbocycles. The number of carboxylic acid groups (broad SMARTS) is 1. The molecular formula is C70H120Br2N10O22S4. The number of nitrogens with one attached hydrogen (secondary N) is 1. The molecule has 4 unspecified atom stereocenters. The van der Waals surface area contributed by atoms with Crippen LogP contribution in [0.5, 0.6) is 0 Å². The average molecular weight is 1740 g/mol. The van der Waals surface area contributed by atoms with Crippen LogP contribution in [0, 0.1) is 88.8 Å². The SMILES string of the molecule is C=CC(=O)OC(C)(C)C.CC(C)(C)OC(=O)C(Br)CBr.CC(C)(C)OC(=O)[C@@H]1C[C@H]1[N+](=O)[O-].CS(=O)(=O)OC[C@@H]1C[C@H]1[N+](=O)[O-].C[C@H]1CCCN1C[C@@H]1C[C@H]1N.C[C@H]1CCCN1C[C@@H]1C[C@H]1[N+](=O)[O-].Cc1nc(-c2ccc(C(=O)CC3CC3C[NH+]3CCC[C@@H]3C)cc2)no1.O=C[O-].O=[N+]([O-])[C@@H]1C[C@H]1CO.S.S.S. The number of rotatable bonds is 22. The lowest BCUT2D eigenvalue weighted by Crippen LogP contribution is -3.13. The maximum absolute atomic E-state index is 12.5. The Morgan fingerprint density at radius 2 is 1.19 bits per heavy atom. The van der Waals surface area contributed by atoms with Gasteiger partial charge in [0.25, 0.3) is 10.1 Å². The van der Waals surface area contributed by atoms with Crippen LogP contribution in [-0.4, -0.2) is 217 Å². The molecule has 11 rings (SSSR count). The van der Waals surface area contributed by atoms with Crippen molar-refractivity contribution in [3.8, 4) is 11.4 Å². The van der Waals surface area contributed by atoms with Gasteiger partial charge in [0.05, 0.1) is 50.4 Å². The van der Waals surface area contributed by atoms with Gasteiger partial charge in [-0.2, -0.15) is 53.9 Å². The summed E-state index contributed by atoms with van der Waals surface area (Å²) in [7, 11) is -3.45. The third-order valence-corrected chi connectivity index (χ3v) is 21.2. The molecule has 3 saturated heterocycles. The fraction of sp³-hybridized carbons (Fsp3) is 0.786. The van der Waals surface area contributed by atoms with E-state index in [-0.39, 0.29) is 104 Å². The number of nitrogens with zero attached hydrogens (tertiary/aromatic N) is 8. The summed E-state index contributed by atoms with van der Waals surface area (Å²) in [6, 6.07) is 8.38. The molecule has 17 atom stereocenters. The van der Waals surface area contributed by atoms with Crippen molar-refractivity contribution < 1.29 is 90.1 Å². The number of hydrogen-bond acceptors (Lipinski definition) is 27. The number of nitrogens with two attached hydrogens (primary N) is 1. The number of carbonyl (C=O) groups is 5. The molecule has 1 aromatic heterocycles. The summed E-state index contributed by atoms with van der Waals surface area (Å²) < 4.78 is 45.2. The van der Waals surface area contributed by atoms with Crippen LogP contribution in [0.25, 0.3) is 11.4 Å². The summed E-state index contributed by atoms with van der Waals surface area (Å²) in [5, 5.41) is 61.6. The van der Waals surface area contributed by atoms with Crippen LogP contribution in [0.1, 0.15) is 183 Å². The number of alkyl halides is 2. The third-order valence-electron chi connectivity index (χ3n) is 18.5. The van der Waals surface area contributed by atoms with Crippen molar-refractivity contribution in [2.75, 3.05) is 64.1 Å². The van der Waals surface area contributed by atoms with Crippen LogP contribution in [0.15, 0.2) is 41.4 Å². The summed E-state index contributed by atoms with van der Waals surface area (Å²) in [5.74, 6) is 2.04. The van der Waals surface area contributed by atoms with E-state index in [1.54, 1.807) is 32.6 Å². The van der Waals surface area contributed by atoms with Crippen LogP contribution >= 0.6 is 72.3 Å². The Morgan fingerprint density at radius 3 is 1.54 bits per heavy atom. The van der Waals surface area contributed by atoms with Gasteiger partial charge in [0.2, 0.25) is 35.9 Å². The molecule has 0 amide bonds. The number of ether oxygens (including phenoxy) is 3. The molecule has 0 spiro atoms. The fourth-order valence-electron chi connectivity index (χ4n) is 11.8. The number of aryl methyl sites for hydroxylation is 1. The molecule has 620 valence electrons. The zero-order chi connectivity index (χ0) is 79.6. The van der Waals surface area contributed by atoms with Crippen molar-refractivity contribution in [1.82, 2.24) is 19.9 Å². The van der Waals surface area contributed by atoms with E-state index in [1.807, 2.05) is 65.8 Å². The number of aliphatic hydroxyl groups excluding tert-OH is 1. The molecule has 9 fully saturated rings. The summed E-state index contributed by atoms with van der Waals surface area (Å²) in [6.07, 6.45) is 15.4. The van der Waals surface area contributed by atoms with Crippen molar-refractivity contribution in [2.24, 2.45) is 47.2 Å². The Balaban J connectivity index is 0.00000123. The molecule has 4 heterocycles. The van der Waals surface area contributed by atoms with Gasteiger partial charge in [0.15, 0.2) is 5.78 Å². The van der Waals surface area contributed by atoms with Gasteiger partial charge in [-0.15, -0.1) is 0 Å². The Kier molecular flexibility index (Phi) is 45.9. The van der Waals surface area contributed by atoms with E-state index in [9.17, 15) is 68.1 Å². The molecule has 2 aromatic rings. The topological polar surface area (TPSA) is 448 Å². The van der Waals surface area contributed by atoms with E-state index in [2.05, 4.69) is 83.3 Å². The zero-order valence-electron chi connectivity index (χ0n) is 64.8. The van der Waals surface area contributed by atoms with Gasteiger partial charge >= 0.3 is 17.9 Å². The summed E-state index contributed by atoms with van der Waals surface area (Å²) >= 11 is 6.35. The first-order valence-electron chi connectivity index (χ1n) is 35.8.